The molecule has 0 aliphatic rings. The molecule has 9 heteroatoms. The lowest BCUT2D eigenvalue weighted by Gasteiger charge is -2.22. The Bertz CT molecular complexity index is 635. The van der Waals surface area contributed by atoms with Crippen LogP contribution in [0.2, 0.25) is 0 Å². The second kappa shape index (κ2) is 10.2. The molecule has 0 radical (unpaired) electrons. The van der Waals surface area contributed by atoms with Crippen molar-refractivity contribution in [2.24, 2.45) is 5.92 Å². The quantitative estimate of drug-likeness (QED) is 0.503. The number of nitrogens with one attached hydrogen (secondary N) is 2. The summed E-state index contributed by atoms with van der Waals surface area (Å²) in [6, 6.07) is 4.55. The fourth-order valence-corrected chi connectivity index (χ4v) is 2.45. The van der Waals surface area contributed by atoms with Gasteiger partial charge in [0.1, 0.15) is 11.9 Å². The van der Waals surface area contributed by atoms with Crippen molar-refractivity contribution in [3.63, 3.8) is 0 Å². The van der Waals surface area contributed by atoms with Gasteiger partial charge in [-0.3, -0.25) is 14.5 Å². The largest absolute Gasteiger partial charge is 0.401 e. The summed E-state index contributed by atoms with van der Waals surface area (Å²) in [6.07, 6.45) is -3.94. The minimum Gasteiger partial charge on any atom is -0.354 e. The lowest BCUT2D eigenvalue weighted by atomic mass is 10.0. The number of hydrogen-bond acceptors (Lipinski definition) is 3. The minimum atomic E-state index is -4.27. The van der Waals surface area contributed by atoms with Gasteiger partial charge in [0.25, 0.3) is 5.91 Å². The molecule has 1 rings (SSSR count). The fraction of sp³-hybridized carbons (Fsp3) is 0.556. The summed E-state index contributed by atoms with van der Waals surface area (Å²) in [5.41, 5.74) is -0.162. The van der Waals surface area contributed by atoms with Gasteiger partial charge in [0.2, 0.25) is 5.91 Å². The summed E-state index contributed by atoms with van der Waals surface area (Å²) in [5, 5.41) is 5.10. The molecule has 1 aromatic rings. The standard InChI is InChI=1S/C18H25F4N3O2/c1-12(2)15(24-16(26)13-7-4-5-8-14(13)19)17(27)23-9-6-10-25(3)11-18(20,21)22/h4-5,7-8,12,15H,6,9-11H2,1-3H3,(H,23,27)(H,24,26). The van der Waals surface area contributed by atoms with E-state index in [1.54, 1.807) is 13.8 Å². The Morgan fingerprint density at radius 1 is 1.19 bits per heavy atom. The van der Waals surface area contributed by atoms with Crippen molar-refractivity contribution in [1.82, 2.24) is 15.5 Å². The van der Waals surface area contributed by atoms with Gasteiger partial charge in [-0.2, -0.15) is 13.2 Å². The van der Waals surface area contributed by atoms with Crippen LogP contribution in [0, 0.1) is 11.7 Å². The maximum absolute atomic E-state index is 13.7. The van der Waals surface area contributed by atoms with Crippen LogP contribution in [-0.2, 0) is 4.79 Å². The van der Waals surface area contributed by atoms with Gasteiger partial charge in [-0.15, -0.1) is 0 Å². The highest BCUT2D eigenvalue weighted by Crippen LogP contribution is 2.15. The maximum atomic E-state index is 13.7. The normalized spacial score (nSPS) is 12.9. The molecular formula is C18H25F4N3O2. The Hall–Kier alpha value is -2.16. The Labute approximate surface area is 156 Å². The van der Waals surface area contributed by atoms with Crippen LogP contribution < -0.4 is 10.6 Å². The Kier molecular flexibility index (Phi) is 8.68. The molecule has 1 atom stereocenters. The van der Waals surface area contributed by atoms with E-state index < -0.39 is 36.4 Å². The van der Waals surface area contributed by atoms with E-state index in [4.69, 9.17) is 0 Å². The zero-order valence-corrected chi connectivity index (χ0v) is 15.6. The molecule has 0 aliphatic heterocycles. The van der Waals surface area contributed by atoms with Gasteiger partial charge in [0.15, 0.2) is 0 Å². The molecule has 0 aromatic heterocycles. The van der Waals surface area contributed by atoms with Crippen LogP contribution in [0.5, 0.6) is 0 Å². The molecule has 1 unspecified atom stereocenters. The fourth-order valence-electron chi connectivity index (χ4n) is 2.45. The van der Waals surface area contributed by atoms with Crippen molar-refractivity contribution >= 4 is 11.8 Å². The lowest BCUT2D eigenvalue weighted by molar-refractivity contribution is -0.143. The van der Waals surface area contributed by atoms with Crippen molar-refractivity contribution in [3.8, 4) is 0 Å². The highest BCUT2D eigenvalue weighted by atomic mass is 19.4. The first-order valence-corrected chi connectivity index (χ1v) is 8.59. The molecule has 0 saturated carbocycles. The molecule has 0 heterocycles. The van der Waals surface area contributed by atoms with E-state index >= 15 is 0 Å². The summed E-state index contributed by atoms with van der Waals surface area (Å²) >= 11 is 0. The van der Waals surface area contributed by atoms with Crippen molar-refractivity contribution in [2.45, 2.75) is 32.5 Å². The highest BCUT2D eigenvalue weighted by molar-refractivity contribution is 5.97. The highest BCUT2D eigenvalue weighted by Gasteiger charge is 2.29. The lowest BCUT2D eigenvalue weighted by Crippen LogP contribution is -2.50. The molecule has 5 nitrogen and oxygen atoms in total. The predicted octanol–water partition coefficient (Wildman–Crippen LogP) is 2.58. The van der Waals surface area contributed by atoms with E-state index in [0.717, 1.165) is 11.0 Å². The van der Waals surface area contributed by atoms with E-state index in [-0.39, 0.29) is 24.6 Å². The van der Waals surface area contributed by atoms with E-state index in [1.807, 2.05) is 0 Å². The molecule has 27 heavy (non-hydrogen) atoms. The summed E-state index contributed by atoms with van der Waals surface area (Å²) in [4.78, 5) is 25.6. The third-order valence-corrected chi connectivity index (χ3v) is 3.82. The van der Waals surface area contributed by atoms with Gasteiger partial charge in [-0.25, -0.2) is 4.39 Å². The van der Waals surface area contributed by atoms with Gasteiger partial charge in [0, 0.05) is 6.54 Å². The average molecular weight is 391 g/mol. The summed E-state index contributed by atoms with van der Waals surface area (Å²) in [6.45, 7) is 2.76. The summed E-state index contributed by atoms with van der Waals surface area (Å²) in [5.74, 6) is -2.11. The van der Waals surface area contributed by atoms with Crippen molar-refractivity contribution in [3.05, 3.63) is 35.6 Å². The number of carbonyl (C=O) groups is 2. The SMILES string of the molecule is CC(C)C(NC(=O)c1ccccc1F)C(=O)NCCCN(C)CC(F)(F)F. The smallest absolute Gasteiger partial charge is 0.354 e. The number of alkyl halides is 3. The van der Waals surface area contributed by atoms with Crippen LogP contribution in [0.15, 0.2) is 24.3 Å². The molecule has 0 saturated heterocycles. The van der Waals surface area contributed by atoms with Crippen LogP contribution in [-0.4, -0.2) is 55.6 Å². The number of hydrogen-bond donors (Lipinski definition) is 2. The second-order valence-electron chi connectivity index (χ2n) is 6.67. The topological polar surface area (TPSA) is 61.4 Å². The van der Waals surface area contributed by atoms with Crippen molar-refractivity contribution in [1.29, 1.82) is 0 Å². The van der Waals surface area contributed by atoms with Crippen LogP contribution in [0.1, 0.15) is 30.6 Å². The summed E-state index contributed by atoms with van der Waals surface area (Å²) < 4.78 is 50.4. The van der Waals surface area contributed by atoms with Gasteiger partial charge in [0.05, 0.1) is 12.1 Å². The second-order valence-corrected chi connectivity index (χ2v) is 6.67. The van der Waals surface area contributed by atoms with E-state index in [2.05, 4.69) is 10.6 Å². The van der Waals surface area contributed by atoms with Crippen LogP contribution in [0.25, 0.3) is 0 Å². The van der Waals surface area contributed by atoms with Crippen LogP contribution in [0.3, 0.4) is 0 Å². The van der Waals surface area contributed by atoms with E-state index in [1.165, 1.54) is 25.2 Å². The summed E-state index contributed by atoms with van der Waals surface area (Å²) in [7, 11) is 1.35. The van der Waals surface area contributed by atoms with Gasteiger partial charge >= 0.3 is 6.18 Å². The first kappa shape index (κ1) is 22.9. The van der Waals surface area contributed by atoms with E-state index in [0.29, 0.717) is 6.42 Å². The Balaban J connectivity index is 2.52. The first-order chi connectivity index (χ1) is 12.5. The molecule has 0 aliphatic carbocycles. The van der Waals surface area contributed by atoms with Crippen LogP contribution in [0.4, 0.5) is 17.6 Å². The van der Waals surface area contributed by atoms with E-state index in [9.17, 15) is 27.2 Å². The monoisotopic (exact) mass is 391 g/mol. The minimum absolute atomic E-state index is 0.160. The molecule has 1 aromatic carbocycles. The first-order valence-electron chi connectivity index (χ1n) is 8.59. The zero-order valence-electron chi connectivity index (χ0n) is 15.6. The number of amides is 2. The molecule has 0 fully saturated rings. The average Bonchev–Trinajstić information content (AvgIpc) is 2.54. The predicted molar refractivity (Wildman–Crippen MR) is 93.7 cm³/mol. The zero-order chi connectivity index (χ0) is 20.6. The third kappa shape index (κ3) is 8.38. The third-order valence-electron chi connectivity index (χ3n) is 3.82. The van der Waals surface area contributed by atoms with Gasteiger partial charge in [-0.05, 0) is 38.1 Å². The number of rotatable bonds is 9. The van der Waals surface area contributed by atoms with Crippen molar-refractivity contribution in [2.75, 3.05) is 26.7 Å². The number of halogens is 4. The number of benzene rings is 1. The number of carbonyl (C=O) groups excluding carboxylic acids is 2. The van der Waals surface area contributed by atoms with Crippen molar-refractivity contribution < 1.29 is 27.2 Å². The molecular weight excluding hydrogens is 366 g/mol. The molecule has 0 spiro atoms. The molecule has 2 N–H and O–H groups in total. The Morgan fingerprint density at radius 3 is 2.37 bits per heavy atom. The molecule has 0 bridgehead atoms. The number of nitrogens with zero attached hydrogens (tertiary/aromatic N) is 1. The maximum Gasteiger partial charge on any atom is 0.401 e. The van der Waals surface area contributed by atoms with Gasteiger partial charge < -0.3 is 10.6 Å². The molecule has 152 valence electrons. The van der Waals surface area contributed by atoms with Gasteiger partial charge in [-0.1, -0.05) is 26.0 Å². The molecule has 2 amide bonds. The van der Waals surface area contributed by atoms with Crippen LogP contribution >= 0.6 is 0 Å². The Morgan fingerprint density at radius 2 is 1.81 bits per heavy atom.